The first-order valence-electron chi connectivity index (χ1n) is 8.13. The highest BCUT2D eigenvalue weighted by atomic mass is 79.9. The summed E-state index contributed by atoms with van der Waals surface area (Å²) in [5, 5.41) is 3.47. The Balaban J connectivity index is 2.34. The molecule has 0 aromatic heterocycles. The Morgan fingerprint density at radius 1 is 1.05 bits per heavy atom. The summed E-state index contributed by atoms with van der Waals surface area (Å²) >= 11 is 3.73. The van der Waals surface area contributed by atoms with Crippen LogP contribution in [0.15, 0.2) is 22.7 Å². The maximum absolute atomic E-state index is 3.73. The van der Waals surface area contributed by atoms with Gasteiger partial charge in [0.2, 0.25) is 0 Å². The molecule has 0 radical (unpaired) electrons. The molecule has 20 heavy (non-hydrogen) atoms. The van der Waals surface area contributed by atoms with E-state index in [0.29, 0.717) is 6.04 Å². The number of hydrogen-bond donors (Lipinski definition) is 1. The lowest BCUT2D eigenvalue weighted by Crippen LogP contribution is -2.17. The zero-order valence-electron chi connectivity index (χ0n) is 13.3. The van der Waals surface area contributed by atoms with Gasteiger partial charge in [0.1, 0.15) is 0 Å². The van der Waals surface area contributed by atoms with Crippen LogP contribution in [0, 0.1) is 6.92 Å². The van der Waals surface area contributed by atoms with E-state index < -0.39 is 0 Å². The fourth-order valence-electron chi connectivity index (χ4n) is 2.70. The number of halogens is 1. The van der Waals surface area contributed by atoms with Crippen molar-refractivity contribution < 1.29 is 0 Å². The van der Waals surface area contributed by atoms with Crippen LogP contribution < -0.4 is 5.32 Å². The Morgan fingerprint density at radius 3 is 2.35 bits per heavy atom. The molecule has 0 bridgehead atoms. The van der Waals surface area contributed by atoms with Gasteiger partial charge in [0, 0.05) is 10.5 Å². The van der Waals surface area contributed by atoms with Gasteiger partial charge >= 0.3 is 0 Å². The van der Waals surface area contributed by atoms with Crippen molar-refractivity contribution in [1.82, 2.24) is 5.32 Å². The van der Waals surface area contributed by atoms with Gasteiger partial charge in [-0.25, -0.2) is 0 Å². The fourth-order valence-corrected chi connectivity index (χ4v) is 3.24. The Bertz CT molecular complexity index is 376. The lowest BCUT2D eigenvalue weighted by molar-refractivity contribution is 0.494. The van der Waals surface area contributed by atoms with Crippen LogP contribution in [0.25, 0.3) is 0 Å². The van der Waals surface area contributed by atoms with Gasteiger partial charge in [-0.2, -0.15) is 0 Å². The highest BCUT2D eigenvalue weighted by Crippen LogP contribution is 2.29. The van der Waals surface area contributed by atoms with Crippen molar-refractivity contribution >= 4 is 15.9 Å². The van der Waals surface area contributed by atoms with Gasteiger partial charge in [-0.15, -0.1) is 0 Å². The van der Waals surface area contributed by atoms with E-state index in [9.17, 15) is 0 Å². The zero-order valence-corrected chi connectivity index (χ0v) is 14.9. The smallest absolute Gasteiger partial charge is 0.0328 e. The second-order valence-electron chi connectivity index (χ2n) is 5.73. The van der Waals surface area contributed by atoms with Crippen LogP contribution in [0.5, 0.6) is 0 Å². The van der Waals surface area contributed by atoms with Gasteiger partial charge in [0.25, 0.3) is 0 Å². The molecule has 0 heterocycles. The average molecular weight is 340 g/mol. The van der Waals surface area contributed by atoms with Crippen molar-refractivity contribution in [3.63, 3.8) is 0 Å². The fraction of sp³-hybridized carbons (Fsp3) is 0.667. The molecule has 0 saturated heterocycles. The molecule has 0 saturated carbocycles. The molecule has 1 atom stereocenters. The molecule has 2 heteroatoms. The van der Waals surface area contributed by atoms with Gasteiger partial charge in [0.05, 0.1) is 0 Å². The second kappa shape index (κ2) is 10.4. The minimum atomic E-state index is 0.472. The minimum absolute atomic E-state index is 0.472. The third-order valence-corrected chi connectivity index (χ3v) is 5.13. The first-order valence-corrected chi connectivity index (χ1v) is 8.92. The maximum atomic E-state index is 3.73. The number of hydrogen-bond acceptors (Lipinski definition) is 1. The monoisotopic (exact) mass is 339 g/mol. The molecule has 0 aliphatic heterocycles. The molecule has 1 N–H and O–H groups in total. The van der Waals surface area contributed by atoms with Crippen LogP contribution in [-0.2, 0) is 0 Å². The number of benzene rings is 1. The molecule has 1 aromatic rings. The van der Waals surface area contributed by atoms with E-state index in [4.69, 9.17) is 0 Å². The highest BCUT2D eigenvalue weighted by Gasteiger charge is 2.13. The molecule has 0 aliphatic carbocycles. The first-order chi connectivity index (χ1) is 9.70. The second-order valence-corrected chi connectivity index (χ2v) is 6.52. The molecular weight excluding hydrogens is 310 g/mol. The van der Waals surface area contributed by atoms with Crippen LogP contribution in [-0.4, -0.2) is 7.05 Å². The average Bonchev–Trinajstić information content (AvgIpc) is 2.46. The summed E-state index contributed by atoms with van der Waals surface area (Å²) in [6, 6.07) is 7.03. The van der Waals surface area contributed by atoms with Gasteiger partial charge in [0.15, 0.2) is 0 Å². The van der Waals surface area contributed by atoms with Crippen LogP contribution in [0.3, 0.4) is 0 Å². The molecule has 0 amide bonds. The van der Waals surface area contributed by atoms with Crippen molar-refractivity contribution in [3.05, 3.63) is 33.8 Å². The van der Waals surface area contributed by atoms with E-state index in [1.165, 1.54) is 67.0 Å². The third-order valence-electron chi connectivity index (χ3n) is 4.04. The molecule has 0 aliphatic rings. The molecule has 1 aromatic carbocycles. The van der Waals surface area contributed by atoms with Crippen molar-refractivity contribution in [2.75, 3.05) is 7.05 Å². The third kappa shape index (κ3) is 5.97. The number of nitrogens with one attached hydrogen (secondary N) is 1. The predicted octanol–water partition coefficient (Wildman–Crippen LogP) is 6.16. The van der Waals surface area contributed by atoms with Crippen LogP contribution in [0.4, 0.5) is 0 Å². The summed E-state index contributed by atoms with van der Waals surface area (Å²) in [6.45, 7) is 4.44. The summed E-state index contributed by atoms with van der Waals surface area (Å²) in [5.74, 6) is 0. The molecule has 0 spiro atoms. The Hall–Kier alpha value is -0.340. The Labute approximate surface area is 133 Å². The molecular formula is C18H30BrN. The van der Waals surface area contributed by atoms with Crippen molar-refractivity contribution in [3.8, 4) is 0 Å². The quantitative estimate of drug-likeness (QED) is 0.503. The van der Waals surface area contributed by atoms with E-state index in [1.54, 1.807) is 0 Å². The number of rotatable bonds is 10. The van der Waals surface area contributed by atoms with E-state index in [-0.39, 0.29) is 0 Å². The SMILES string of the molecule is CCCCCCCCCC(NC)c1cccc(C)c1Br. The predicted molar refractivity (Wildman–Crippen MR) is 93.3 cm³/mol. The summed E-state index contributed by atoms with van der Waals surface area (Å²) in [4.78, 5) is 0. The highest BCUT2D eigenvalue weighted by molar-refractivity contribution is 9.10. The molecule has 1 unspecified atom stereocenters. The van der Waals surface area contributed by atoms with Crippen LogP contribution >= 0.6 is 15.9 Å². The summed E-state index contributed by atoms with van der Waals surface area (Å²) in [7, 11) is 2.07. The normalized spacial score (nSPS) is 12.6. The van der Waals surface area contributed by atoms with E-state index >= 15 is 0 Å². The molecule has 1 rings (SSSR count). The number of aryl methyl sites for hydroxylation is 1. The molecule has 0 fully saturated rings. The standard InChI is InChI=1S/C18H30BrN/c1-4-5-6-7-8-9-10-14-17(20-3)16-13-11-12-15(2)18(16)19/h11-13,17,20H,4-10,14H2,1-3H3. The summed E-state index contributed by atoms with van der Waals surface area (Å²) in [5.41, 5.74) is 2.72. The Kier molecular flexibility index (Phi) is 9.21. The van der Waals surface area contributed by atoms with Crippen molar-refractivity contribution in [2.45, 2.75) is 71.3 Å². The zero-order chi connectivity index (χ0) is 14.8. The van der Waals surface area contributed by atoms with E-state index in [1.807, 2.05) is 0 Å². The van der Waals surface area contributed by atoms with Gasteiger partial charge in [-0.05, 0) is 31.5 Å². The maximum Gasteiger partial charge on any atom is 0.0328 e. The minimum Gasteiger partial charge on any atom is -0.313 e. The van der Waals surface area contributed by atoms with E-state index in [2.05, 4.69) is 60.3 Å². The van der Waals surface area contributed by atoms with E-state index in [0.717, 1.165) is 0 Å². The van der Waals surface area contributed by atoms with Crippen LogP contribution in [0.2, 0.25) is 0 Å². The first kappa shape index (κ1) is 17.7. The summed E-state index contributed by atoms with van der Waals surface area (Å²) in [6.07, 6.45) is 10.9. The molecule has 114 valence electrons. The topological polar surface area (TPSA) is 12.0 Å². The van der Waals surface area contributed by atoms with Gasteiger partial charge < -0.3 is 5.32 Å². The summed E-state index contributed by atoms with van der Waals surface area (Å²) < 4.78 is 1.27. The lowest BCUT2D eigenvalue weighted by Gasteiger charge is -2.19. The van der Waals surface area contributed by atoms with Gasteiger partial charge in [-0.1, -0.05) is 86.0 Å². The number of unbranched alkanes of at least 4 members (excludes halogenated alkanes) is 6. The molecule has 1 nitrogen and oxygen atoms in total. The van der Waals surface area contributed by atoms with Crippen molar-refractivity contribution in [1.29, 1.82) is 0 Å². The lowest BCUT2D eigenvalue weighted by atomic mass is 9.98. The largest absolute Gasteiger partial charge is 0.313 e. The van der Waals surface area contributed by atoms with Crippen LogP contribution in [0.1, 0.15) is 75.5 Å². The van der Waals surface area contributed by atoms with Crippen molar-refractivity contribution in [2.24, 2.45) is 0 Å². The van der Waals surface area contributed by atoms with Gasteiger partial charge in [-0.3, -0.25) is 0 Å². The Morgan fingerprint density at radius 2 is 1.70 bits per heavy atom.